The first kappa shape index (κ1) is 18.9. The molecule has 0 heterocycles. The molecule has 0 bridgehead atoms. The fourth-order valence-electron chi connectivity index (χ4n) is 2.08. The van der Waals surface area contributed by atoms with Crippen molar-refractivity contribution in [1.82, 2.24) is 0 Å². The maximum Gasteiger partial charge on any atom is 0.217 e. The molecule has 1 amide bonds. The molecule has 116 valence electrons. The summed E-state index contributed by atoms with van der Waals surface area (Å²) in [6, 6.07) is 0. The van der Waals surface area contributed by atoms with E-state index in [1.165, 1.54) is 57.8 Å². The minimum Gasteiger partial charge on any atom is -0.370 e. The number of carbonyl (C=O) groups excluding carboxylic acids is 1. The summed E-state index contributed by atoms with van der Waals surface area (Å²) in [4.78, 5) is 10.5. The molecule has 0 atom stereocenters. The van der Waals surface area contributed by atoms with Gasteiger partial charge in [0.25, 0.3) is 0 Å². The first-order chi connectivity index (χ1) is 9.77. The molecule has 0 saturated heterocycles. The van der Waals surface area contributed by atoms with Crippen LogP contribution in [0.2, 0.25) is 0 Å². The Morgan fingerprint density at radius 1 is 0.750 bits per heavy atom. The van der Waals surface area contributed by atoms with Gasteiger partial charge < -0.3 is 5.73 Å². The Hall–Kier alpha value is -1.05. The summed E-state index contributed by atoms with van der Waals surface area (Å²) in [5, 5.41) is 0. The van der Waals surface area contributed by atoms with E-state index in [2.05, 4.69) is 31.2 Å². The SMILES string of the molecule is CCCC/C=C/CC/C=C\CCCCCCCC(N)=O. The Bertz CT molecular complexity index is 269. The van der Waals surface area contributed by atoms with Crippen LogP contribution in [0.3, 0.4) is 0 Å². The highest BCUT2D eigenvalue weighted by Crippen LogP contribution is 2.08. The molecular formula is C18H33NO. The number of primary amides is 1. The van der Waals surface area contributed by atoms with Crippen LogP contribution in [0.4, 0.5) is 0 Å². The maximum absolute atomic E-state index is 10.5. The third-order valence-electron chi connectivity index (χ3n) is 3.35. The standard InChI is InChI=1S/C18H33NO/c1-2-3-4-5-6-7-8-9-10-11-12-13-14-15-16-17-18(19)20/h5-6,9-10H,2-4,7-8,11-17H2,1H3,(H2,19,20)/b6-5+,10-9-. The number of nitrogens with two attached hydrogens (primary N) is 1. The van der Waals surface area contributed by atoms with E-state index in [4.69, 9.17) is 5.73 Å². The van der Waals surface area contributed by atoms with Gasteiger partial charge in [-0.25, -0.2) is 0 Å². The van der Waals surface area contributed by atoms with Gasteiger partial charge in [-0.1, -0.05) is 63.3 Å². The predicted octanol–water partition coefficient (Wildman–Crippen LogP) is 5.29. The zero-order chi connectivity index (χ0) is 14.9. The zero-order valence-corrected chi connectivity index (χ0v) is 13.3. The van der Waals surface area contributed by atoms with Gasteiger partial charge in [-0.2, -0.15) is 0 Å². The zero-order valence-electron chi connectivity index (χ0n) is 13.3. The Balaban J connectivity index is 3.16. The molecule has 20 heavy (non-hydrogen) atoms. The van der Waals surface area contributed by atoms with Crippen molar-refractivity contribution in [3.63, 3.8) is 0 Å². The van der Waals surface area contributed by atoms with E-state index in [0.29, 0.717) is 6.42 Å². The molecule has 0 aliphatic heterocycles. The average molecular weight is 279 g/mol. The largest absolute Gasteiger partial charge is 0.370 e. The normalized spacial score (nSPS) is 11.7. The second-order valence-corrected chi connectivity index (χ2v) is 5.44. The van der Waals surface area contributed by atoms with Crippen LogP contribution in [-0.2, 0) is 4.79 Å². The van der Waals surface area contributed by atoms with Gasteiger partial charge >= 0.3 is 0 Å². The summed E-state index contributed by atoms with van der Waals surface area (Å²) in [5.41, 5.74) is 5.09. The predicted molar refractivity (Wildman–Crippen MR) is 88.6 cm³/mol. The number of unbranched alkanes of at least 4 members (excludes halogenated alkanes) is 8. The van der Waals surface area contributed by atoms with Crippen molar-refractivity contribution in [2.24, 2.45) is 5.73 Å². The van der Waals surface area contributed by atoms with Crippen LogP contribution in [0, 0.1) is 0 Å². The molecule has 0 aromatic heterocycles. The monoisotopic (exact) mass is 279 g/mol. The van der Waals surface area contributed by atoms with Crippen molar-refractivity contribution < 1.29 is 4.79 Å². The van der Waals surface area contributed by atoms with E-state index < -0.39 is 0 Å². The third-order valence-corrected chi connectivity index (χ3v) is 3.35. The highest BCUT2D eigenvalue weighted by Gasteiger charge is 1.94. The van der Waals surface area contributed by atoms with Crippen molar-refractivity contribution in [2.45, 2.75) is 84.0 Å². The van der Waals surface area contributed by atoms with Crippen LogP contribution < -0.4 is 5.73 Å². The molecular weight excluding hydrogens is 246 g/mol. The highest BCUT2D eigenvalue weighted by atomic mass is 16.1. The lowest BCUT2D eigenvalue weighted by molar-refractivity contribution is -0.118. The minimum absolute atomic E-state index is 0.170. The molecule has 0 aliphatic carbocycles. The molecule has 0 rings (SSSR count). The number of carbonyl (C=O) groups is 1. The van der Waals surface area contributed by atoms with Gasteiger partial charge in [0.1, 0.15) is 0 Å². The van der Waals surface area contributed by atoms with Crippen molar-refractivity contribution in [3.8, 4) is 0 Å². The van der Waals surface area contributed by atoms with Crippen molar-refractivity contribution in [1.29, 1.82) is 0 Å². The number of allylic oxidation sites excluding steroid dienone is 4. The van der Waals surface area contributed by atoms with Crippen LogP contribution in [0.5, 0.6) is 0 Å². The Kier molecular flexibility index (Phi) is 15.2. The highest BCUT2D eigenvalue weighted by molar-refractivity contribution is 5.73. The molecule has 0 aromatic carbocycles. The summed E-state index contributed by atoms with van der Waals surface area (Å²) in [6.07, 6.45) is 23.0. The first-order valence-corrected chi connectivity index (χ1v) is 8.35. The number of hydrogen-bond acceptors (Lipinski definition) is 1. The molecule has 2 N–H and O–H groups in total. The third kappa shape index (κ3) is 16.9. The molecule has 0 spiro atoms. The van der Waals surface area contributed by atoms with Gasteiger partial charge in [0, 0.05) is 6.42 Å². The van der Waals surface area contributed by atoms with Crippen LogP contribution in [0.15, 0.2) is 24.3 Å². The Morgan fingerprint density at radius 2 is 1.25 bits per heavy atom. The second-order valence-electron chi connectivity index (χ2n) is 5.44. The molecule has 0 saturated carbocycles. The van der Waals surface area contributed by atoms with E-state index in [1.807, 2.05) is 0 Å². The van der Waals surface area contributed by atoms with Crippen molar-refractivity contribution in [2.75, 3.05) is 0 Å². The van der Waals surface area contributed by atoms with Crippen molar-refractivity contribution >= 4 is 5.91 Å². The average Bonchev–Trinajstić information content (AvgIpc) is 2.43. The molecule has 2 nitrogen and oxygen atoms in total. The number of rotatable bonds is 14. The topological polar surface area (TPSA) is 43.1 Å². The van der Waals surface area contributed by atoms with Gasteiger partial charge in [-0.15, -0.1) is 0 Å². The Morgan fingerprint density at radius 3 is 1.85 bits per heavy atom. The van der Waals surface area contributed by atoms with Gasteiger partial charge in [0.05, 0.1) is 0 Å². The molecule has 0 fully saturated rings. The maximum atomic E-state index is 10.5. The molecule has 0 aliphatic rings. The summed E-state index contributed by atoms with van der Waals surface area (Å²) < 4.78 is 0. The van der Waals surface area contributed by atoms with E-state index in [9.17, 15) is 4.79 Å². The lowest BCUT2D eigenvalue weighted by Gasteiger charge is -1.98. The van der Waals surface area contributed by atoms with Crippen LogP contribution in [0.1, 0.15) is 84.0 Å². The fraction of sp³-hybridized carbons (Fsp3) is 0.722. The summed E-state index contributed by atoms with van der Waals surface area (Å²) in [5.74, 6) is -0.170. The van der Waals surface area contributed by atoms with Gasteiger partial charge in [0.2, 0.25) is 5.91 Å². The summed E-state index contributed by atoms with van der Waals surface area (Å²) in [7, 11) is 0. The summed E-state index contributed by atoms with van der Waals surface area (Å²) in [6.45, 7) is 2.23. The van der Waals surface area contributed by atoms with Crippen LogP contribution in [-0.4, -0.2) is 5.91 Å². The first-order valence-electron chi connectivity index (χ1n) is 8.35. The van der Waals surface area contributed by atoms with E-state index in [1.54, 1.807) is 0 Å². The molecule has 0 radical (unpaired) electrons. The molecule has 0 aromatic rings. The van der Waals surface area contributed by atoms with Gasteiger partial charge in [0.15, 0.2) is 0 Å². The summed E-state index contributed by atoms with van der Waals surface area (Å²) >= 11 is 0. The van der Waals surface area contributed by atoms with E-state index in [0.717, 1.165) is 12.8 Å². The molecule has 2 heteroatoms. The van der Waals surface area contributed by atoms with E-state index >= 15 is 0 Å². The van der Waals surface area contributed by atoms with Crippen LogP contribution in [0.25, 0.3) is 0 Å². The lowest BCUT2D eigenvalue weighted by Crippen LogP contribution is -2.09. The smallest absolute Gasteiger partial charge is 0.217 e. The number of amides is 1. The van der Waals surface area contributed by atoms with Crippen molar-refractivity contribution in [3.05, 3.63) is 24.3 Å². The second kappa shape index (κ2) is 16.0. The van der Waals surface area contributed by atoms with Gasteiger partial charge in [-0.3, -0.25) is 4.79 Å². The Labute approximate surface area is 125 Å². The van der Waals surface area contributed by atoms with Gasteiger partial charge in [-0.05, 0) is 38.5 Å². The lowest BCUT2D eigenvalue weighted by atomic mass is 10.1. The number of hydrogen-bond donors (Lipinski definition) is 1. The fourth-order valence-corrected chi connectivity index (χ4v) is 2.08. The quantitative estimate of drug-likeness (QED) is 0.341. The van der Waals surface area contributed by atoms with E-state index in [-0.39, 0.29) is 5.91 Å². The molecule has 0 unspecified atom stereocenters. The minimum atomic E-state index is -0.170. The van der Waals surface area contributed by atoms with Crippen LogP contribution >= 0.6 is 0 Å².